The molecule has 2 atom stereocenters. The summed E-state index contributed by atoms with van der Waals surface area (Å²) in [6.45, 7) is 4.68. The van der Waals surface area contributed by atoms with E-state index in [-0.39, 0.29) is 11.2 Å². The van der Waals surface area contributed by atoms with Gasteiger partial charge >= 0.3 is 0 Å². The van der Waals surface area contributed by atoms with Gasteiger partial charge in [-0.2, -0.15) is 0 Å². The smallest absolute Gasteiger partial charge is 0.233 e. The molecule has 0 fully saturated rings. The lowest BCUT2D eigenvalue weighted by atomic mass is 9.96. The van der Waals surface area contributed by atoms with Crippen LogP contribution in [0.3, 0.4) is 0 Å². The zero-order valence-corrected chi connectivity index (χ0v) is 17.6. The molecule has 3 rings (SSSR count). The molecule has 2 aromatic carbocycles. The van der Waals surface area contributed by atoms with E-state index in [4.69, 9.17) is 0 Å². The minimum atomic E-state index is -0.231. The van der Waals surface area contributed by atoms with Crippen LogP contribution in [0.4, 0.5) is 10.8 Å². The molecule has 0 aliphatic rings. The van der Waals surface area contributed by atoms with Crippen LogP contribution in [0.5, 0.6) is 0 Å². The van der Waals surface area contributed by atoms with E-state index in [1.807, 2.05) is 55.5 Å². The zero-order valence-electron chi connectivity index (χ0n) is 16.0. The lowest BCUT2D eigenvalue weighted by molar-refractivity contribution is -0.120. The molecule has 28 heavy (non-hydrogen) atoms. The molecule has 0 aliphatic carbocycles. The first kappa shape index (κ1) is 20.4. The SMILES string of the molecule is CC[C@H](CNC(=O)[C@@H](C)Sc1nnc(Nc2ccccc2)s1)c1ccccc1. The van der Waals surface area contributed by atoms with Crippen molar-refractivity contribution in [2.75, 3.05) is 11.9 Å². The molecular weight excluding hydrogens is 388 g/mol. The highest BCUT2D eigenvalue weighted by atomic mass is 32.2. The van der Waals surface area contributed by atoms with Crippen molar-refractivity contribution < 1.29 is 4.79 Å². The van der Waals surface area contributed by atoms with Crippen molar-refractivity contribution in [3.05, 3.63) is 66.2 Å². The molecule has 2 N–H and O–H groups in total. The lowest BCUT2D eigenvalue weighted by Gasteiger charge is -2.17. The van der Waals surface area contributed by atoms with E-state index in [0.29, 0.717) is 12.5 Å². The van der Waals surface area contributed by atoms with Gasteiger partial charge in [0.1, 0.15) is 0 Å². The second-order valence-electron chi connectivity index (χ2n) is 6.39. The molecule has 1 aromatic heterocycles. The average molecular weight is 413 g/mol. The Morgan fingerprint density at radius 3 is 2.43 bits per heavy atom. The number of carbonyl (C=O) groups excluding carboxylic acids is 1. The number of benzene rings is 2. The topological polar surface area (TPSA) is 66.9 Å². The van der Waals surface area contributed by atoms with Crippen molar-refractivity contribution in [2.24, 2.45) is 0 Å². The van der Waals surface area contributed by atoms with E-state index in [2.05, 4.69) is 39.9 Å². The highest BCUT2D eigenvalue weighted by Gasteiger charge is 2.18. The third-order valence-electron chi connectivity index (χ3n) is 4.36. The largest absolute Gasteiger partial charge is 0.355 e. The monoisotopic (exact) mass is 412 g/mol. The zero-order chi connectivity index (χ0) is 19.8. The molecule has 1 heterocycles. The van der Waals surface area contributed by atoms with Gasteiger partial charge in [0.15, 0.2) is 4.34 Å². The minimum Gasteiger partial charge on any atom is -0.355 e. The van der Waals surface area contributed by atoms with Crippen LogP contribution in [0.25, 0.3) is 0 Å². The van der Waals surface area contributed by atoms with Crippen LogP contribution in [0.1, 0.15) is 31.7 Å². The predicted octanol–water partition coefficient (Wildman–Crippen LogP) is 5.07. The molecule has 5 nitrogen and oxygen atoms in total. The normalized spacial score (nSPS) is 12.9. The quantitative estimate of drug-likeness (QED) is 0.480. The second-order valence-corrected chi connectivity index (χ2v) is 8.95. The van der Waals surface area contributed by atoms with Gasteiger partial charge in [-0.1, -0.05) is 78.6 Å². The van der Waals surface area contributed by atoms with Gasteiger partial charge in [0.2, 0.25) is 11.0 Å². The molecule has 146 valence electrons. The van der Waals surface area contributed by atoms with Crippen LogP contribution in [0.15, 0.2) is 65.0 Å². The van der Waals surface area contributed by atoms with Crippen molar-refractivity contribution in [2.45, 2.75) is 35.8 Å². The summed E-state index contributed by atoms with van der Waals surface area (Å²) in [5.41, 5.74) is 2.22. The first-order valence-corrected chi connectivity index (χ1v) is 11.0. The van der Waals surface area contributed by atoms with Crippen molar-refractivity contribution in [1.29, 1.82) is 0 Å². The van der Waals surface area contributed by atoms with Crippen LogP contribution in [0.2, 0.25) is 0 Å². The number of nitrogens with zero attached hydrogens (tertiary/aromatic N) is 2. The van der Waals surface area contributed by atoms with Crippen LogP contribution in [0, 0.1) is 0 Å². The highest BCUT2D eigenvalue weighted by molar-refractivity contribution is 8.02. The number of hydrogen-bond donors (Lipinski definition) is 2. The summed E-state index contributed by atoms with van der Waals surface area (Å²) in [7, 11) is 0. The molecule has 0 saturated heterocycles. The van der Waals surface area contributed by atoms with Crippen molar-refractivity contribution in [3.8, 4) is 0 Å². The van der Waals surface area contributed by atoms with Gasteiger partial charge in [-0.15, -0.1) is 10.2 Å². The molecule has 7 heteroatoms. The predicted molar refractivity (Wildman–Crippen MR) is 117 cm³/mol. The number of amides is 1. The van der Waals surface area contributed by atoms with Gasteiger partial charge in [-0.25, -0.2) is 0 Å². The summed E-state index contributed by atoms with van der Waals surface area (Å²) >= 11 is 2.88. The van der Waals surface area contributed by atoms with Gasteiger partial charge in [0.25, 0.3) is 0 Å². The Hall–Kier alpha value is -2.38. The third kappa shape index (κ3) is 5.81. The van der Waals surface area contributed by atoms with E-state index in [1.54, 1.807) is 0 Å². The summed E-state index contributed by atoms with van der Waals surface area (Å²) in [5, 5.41) is 15.1. The number of carbonyl (C=O) groups is 1. The second kappa shape index (κ2) is 10.2. The standard InChI is InChI=1S/C21H24N4OS2/c1-3-16(17-10-6-4-7-11-17)14-22-19(26)15(2)27-21-25-24-20(28-21)23-18-12-8-5-9-13-18/h4-13,15-16H,3,14H2,1-2H3,(H,22,26)(H,23,24)/t15-,16-/m1/s1. The number of anilines is 2. The summed E-state index contributed by atoms with van der Waals surface area (Å²) in [6.07, 6.45) is 0.983. The number of aromatic nitrogens is 2. The van der Waals surface area contributed by atoms with E-state index in [0.717, 1.165) is 21.6 Å². The molecule has 1 amide bonds. The Kier molecular flexibility index (Phi) is 7.45. The van der Waals surface area contributed by atoms with Crippen molar-refractivity contribution >= 4 is 39.8 Å². The fourth-order valence-corrected chi connectivity index (χ4v) is 4.69. The Balaban J connectivity index is 1.50. The van der Waals surface area contributed by atoms with Crippen LogP contribution in [-0.2, 0) is 4.79 Å². The minimum absolute atomic E-state index is 0.0205. The van der Waals surface area contributed by atoms with Crippen LogP contribution < -0.4 is 10.6 Å². The molecule has 0 saturated carbocycles. The molecular formula is C21H24N4OS2. The van der Waals surface area contributed by atoms with E-state index >= 15 is 0 Å². The Labute approximate surface area is 174 Å². The number of hydrogen-bond acceptors (Lipinski definition) is 6. The van der Waals surface area contributed by atoms with E-state index in [1.165, 1.54) is 28.7 Å². The maximum atomic E-state index is 12.5. The maximum absolute atomic E-state index is 12.5. The third-order valence-corrected chi connectivity index (χ3v) is 6.39. The van der Waals surface area contributed by atoms with Crippen LogP contribution in [-0.4, -0.2) is 27.9 Å². The molecule has 0 radical (unpaired) electrons. The number of thioether (sulfide) groups is 1. The van der Waals surface area contributed by atoms with Gasteiger partial charge < -0.3 is 10.6 Å². The Morgan fingerprint density at radius 2 is 1.75 bits per heavy atom. The molecule has 0 aliphatic heterocycles. The summed E-state index contributed by atoms with van der Waals surface area (Å²) in [5.74, 6) is 0.345. The van der Waals surface area contributed by atoms with Crippen molar-refractivity contribution in [3.63, 3.8) is 0 Å². The highest BCUT2D eigenvalue weighted by Crippen LogP contribution is 2.30. The first-order valence-electron chi connectivity index (χ1n) is 9.30. The van der Waals surface area contributed by atoms with Gasteiger partial charge in [0.05, 0.1) is 5.25 Å². The van der Waals surface area contributed by atoms with E-state index in [9.17, 15) is 4.79 Å². The summed E-state index contributed by atoms with van der Waals surface area (Å²) in [4.78, 5) is 12.5. The Morgan fingerprint density at radius 1 is 1.07 bits per heavy atom. The first-order chi connectivity index (χ1) is 13.7. The maximum Gasteiger partial charge on any atom is 0.233 e. The molecule has 0 unspecified atom stereocenters. The lowest BCUT2D eigenvalue weighted by Crippen LogP contribution is -2.34. The molecule has 0 bridgehead atoms. The van der Waals surface area contributed by atoms with Gasteiger partial charge in [-0.3, -0.25) is 4.79 Å². The fourth-order valence-electron chi connectivity index (χ4n) is 2.75. The fraction of sp³-hybridized carbons (Fsp3) is 0.286. The number of nitrogens with one attached hydrogen (secondary N) is 2. The molecule has 0 spiro atoms. The summed E-state index contributed by atoms with van der Waals surface area (Å²) in [6, 6.07) is 20.1. The van der Waals surface area contributed by atoms with Gasteiger partial charge in [0, 0.05) is 18.2 Å². The van der Waals surface area contributed by atoms with Crippen LogP contribution >= 0.6 is 23.1 Å². The van der Waals surface area contributed by atoms with Crippen molar-refractivity contribution in [1.82, 2.24) is 15.5 Å². The molecule has 3 aromatic rings. The Bertz CT molecular complexity index is 870. The number of rotatable bonds is 9. The van der Waals surface area contributed by atoms with E-state index < -0.39 is 0 Å². The van der Waals surface area contributed by atoms with Gasteiger partial charge in [-0.05, 0) is 31.0 Å². The number of para-hydroxylation sites is 1. The average Bonchev–Trinajstić information content (AvgIpc) is 3.16. The summed E-state index contributed by atoms with van der Waals surface area (Å²) < 4.78 is 0.774.